The van der Waals surface area contributed by atoms with Crippen LogP contribution in [0.1, 0.15) is 211 Å². The molecule has 2 aliphatic rings. The van der Waals surface area contributed by atoms with E-state index < -0.39 is 6.71 Å². The summed E-state index contributed by atoms with van der Waals surface area (Å²) in [5.74, 6) is 3.28. The highest BCUT2D eigenvalue weighted by Crippen LogP contribution is 2.52. The monoisotopic (exact) mass is 1780 g/mol. The van der Waals surface area contributed by atoms with Crippen LogP contribution in [0, 0.1) is 0 Å². The fraction of sp³-hybridized carbons (Fsp3) is 0.254. The van der Waals surface area contributed by atoms with Crippen molar-refractivity contribution in [3.05, 3.63) is 342 Å². The number of rotatable bonds is 9. The number of thiophene rings is 1. The highest BCUT2D eigenvalue weighted by Gasteiger charge is 2.44. The van der Waals surface area contributed by atoms with Gasteiger partial charge in [0.1, 0.15) is 23.1 Å². The number of ether oxygens (including phenoxy) is 1. The molecule has 0 saturated heterocycles. The van der Waals surface area contributed by atoms with Crippen molar-refractivity contribution < 1.29 is 4.74 Å². The first kappa shape index (κ1) is 87.0. The molecule has 0 amide bonds. The van der Waals surface area contributed by atoms with E-state index in [2.05, 4.69) is 482 Å². The third kappa shape index (κ3) is 14.8. The van der Waals surface area contributed by atoms with Crippen molar-refractivity contribution in [2.75, 3.05) is 4.90 Å². The minimum Gasteiger partial charge on any atom is -0.458 e. The molecule has 14 aromatic carbocycles. The molecular formula is C126H121BN6OS. The summed E-state index contributed by atoms with van der Waals surface area (Å²) in [5, 5.41) is 9.71. The van der Waals surface area contributed by atoms with Crippen LogP contribution >= 0.6 is 11.3 Å². The predicted octanol–water partition coefficient (Wildman–Crippen LogP) is 33.3. The molecule has 670 valence electrons. The van der Waals surface area contributed by atoms with Crippen LogP contribution in [0.25, 0.3) is 159 Å². The second-order valence-electron chi connectivity index (χ2n) is 46.8. The molecule has 22 rings (SSSR count). The van der Waals surface area contributed by atoms with Crippen molar-refractivity contribution in [1.29, 1.82) is 0 Å². The van der Waals surface area contributed by atoms with E-state index in [-0.39, 0.29) is 43.3 Å². The Morgan fingerprint density at radius 1 is 0.259 bits per heavy atom. The Bertz CT molecular complexity index is 8140. The number of fused-ring (bicyclic) bond motifs is 17. The summed E-state index contributed by atoms with van der Waals surface area (Å²) in [6, 6.07) is 115. The lowest BCUT2D eigenvalue weighted by Gasteiger charge is -2.41. The second kappa shape index (κ2) is 30.6. The molecule has 0 aliphatic carbocycles. The van der Waals surface area contributed by atoms with Crippen LogP contribution in [0.4, 0.5) is 17.1 Å². The molecule has 0 bridgehead atoms. The van der Waals surface area contributed by atoms with Crippen molar-refractivity contribution in [2.45, 2.75) is 209 Å². The quantitative estimate of drug-likeness (QED) is 0.135. The van der Waals surface area contributed by atoms with Crippen molar-refractivity contribution >= 4 is 137 Å². The molecule has 0 fully saturated rings. The second-order valence-corrected chi connectivity index (χ2v) is 47.9. The van der Waals surface area contributed by atoms with Crippen molar-refractivity contribution in [3.63, 3.8) is 0 Å². The number of nitrogens with zero attached hydrogens (tertiary/aromatic N) is 6. The number of pyridine rings is 2. The summed E-state index contributed by atoms with van der Waals surface area (Å²) in [4.78, 5) is 14.9. The Morgan fingerprint density at radius 3 is 1.24 bits per heavy atom. The maximum atomic E-state index is 7.92. The number of anilines is 3. The number of benzene rings is 14. The third-order valence-electron chi connectivity index (χ3n) is 29.1. The summed E-state index contributed by atoms with van der Waals surface area (Å²) in [6.45, 7) is 55.6. The van der Waals surface area contributed by atoms with Gasteiger partial charge < -0.3 is 14.2 Å². The molecule has 0 radical (unpaired) electrons. The first-order valence-electron chi connectivity index (χ1n) is 48.4. The lowest BCUT2D eigenvalue weighted by atomic mass is 9.34. The molecule has 9 heteroatoms. The van der Waals surface area contributed by atoms with Crippen LogP contribution in [0.2, 0.25) is 0 Å². The van der Waals surface area contributed by atoms with Gasteiger partial charge in [-0.3, -0.25) is 9.13 Å². The highest BCUT2D eigenvalue weighted by molar-refractivity contribution is 7.26. The Labute approximate surface area is 800 Å². The Balaban J connectivity index is 0.847. The van der Waals surface area contributed by atoms with Crippen LogP contribution in [0.15, 0.2) is 297 Å². The largest absolute Gasteiger partial charge is 0.458 e. The molecule has 2 aliphatic heterocycles. The topological polar surface area (TPSA) is 53.0 Å². The number of para-hydroxylation sites is 2. The smallest absolute Gasteiger partial charge is 0.256 e. The summed E-state index contributed by atoms with van der Waals surface area (Å²) >= 11 is 1.86. The zero-order valence-corrected chi connectivity index (χ0v) is 83.7. The molecule has 7 nitrogen and oxygen atoms in total. The van der Waals surface area contributed by atoms with Crippen LogP contribution in [-0.4, -0.2) is 30.4 Å². The summed E-state index contributed by atoms with van der Waals surface area (Å²) in [6.07, 6.45) is 0. The minimum absolute atomic E-state index is 0.0889. The molecule has 0 atom stereocenters. The molecule has 135 heavy (non-hydrogen) atoms. The van der Waals surface area contributed by atoms with Gasteiger partial charge in [-0.25, -0.2) is 9.97 Å². The Kier molecular flexibility index (Phi) is 19.7. The van der Waals surface area contributed by atoms with Gasteiger partial charge >= 0.3 is 0 Å². The lowest BCUT2D eigenvalue weighted by molar-refractivity contribution is 0.488. The van der Waals surface area contributed by atoms with Crippen LogP contribution in [0.3, 0.4) is 0 Å². The third-order valence-corrected chi connectivity index (χ3v) is 30.2. The zero-order valence-electron chi connectivity index (χ0n) is 82.9. The first-order valence-corrected chi connectivity index (χ1v) is 49.2. The van der Waals surface area contributed by atoms with Crippen molar-refractivity contribution in [1.82, 2.24) is 23.7 Å². The maximum absolute atomic E-state index is 7.92. The van der Waals surface area contributed by atoms with Gasteiger partial charge in [0.15, 0.2) is 0 Å². The Morgan fingerprint density at radius 2 is 0.704 bits per heavy atom. The molecule has 0 unspecified atom stereocenters. The molecular weight excluding hydrogens is 1660 g/mol. The maximum Gasteiger partial charge on any atom is 0.256 e. The SMILES string of the molecule is CC(C)(C)c1cc(-c2cc(-c3ccc4c(c3)B3c5cc(-c6cc(-n7c8ccc(C(C)(C)C)cc8c8cc(C(C)(C)C)ccc87)cc(-n7c8ccccc8c8ccc9sc%10ccccc%10c9c87)n6)ccc5N(c5ccccc5-c5ccccc5)c5cc(-c6cc(C(C)(C)C)cc(C(C)(C)C)c6)cc(c53)O4)nc(-n3c4ccc(C(C)(C)C)cc4c4cc(C(C)(C)C)ccc43)c2)cc(C(C)(C)C)c1. The van der Waals surface area contributed by atoms with Crippen LogP contribution in [0.5, 0.6) is 11.5 Å². The van der Waals surface area contributed by atoms with Crippen LogP contribution in [-0.2, 0) is 43.3 Å². The van der Waals surface area contributed by atoms with Gasteiger partial charge in [0.05, 0.1) is 55.9 Å². The van der Waals surface area contributed by atoms with Gasteiger partial charge in [-0.1, -0.05) is 336 Å². The average Bonchev–Trinajstić information content (AvgIpc) is 1.62. The molecule has 20 aromatic rings. The van der Waals surface area contributed by atoms with E-state index in [0.29, 0.717) is 0 Å². The molecule has 6 aromatic heterocycles. The van der Waals surface area contributed by atoms with Gasteiger partial charge in [0.2, 0.25) is 0 Å². The lowest BCUT2D eigenvalue weighted by Crippen LogP contribution is -2.59. The normalized spacial score (nSPS) is 13.5. The Hall–Kier alpha value is -13.3. The van der Waals surface area contributed by atoms with E-state index in [1.165, 1.54) is 97.0 Å². The van der Waals surface area contributed by atoms with Gasteiger partial charge in [0.25, 0.3) is 6.71 Å². The fourth-order valence-corrected chi connectivity index (χ4v) is 22.2. The van der Waals surface area contributed by atoms with E-state index in [9.17, 15) is 0 Å². The summed E-state index contributed by atoms with van der Waals surface area (Å²) < 4.78 is 17.9. The molecule has 0 saturated carbocycles. The van der Waals surface area contributed by atoms with Gasteiger partial charge in [0, 0.05) is 75.5 Å². The van der Waals surface area contributed by atoms with Gasteiger partial charge in [-0.2, -0.15) is 0 Å². The highest BCUT2D eigenvalue weighted by atomic mass is 32.1. The summed E-state index contributed by atoms with van der Waals surface area (Å²) in [5.41, 5.74) is 33.8. The standard InChI is InChI=1S/C126H121BN6OS/c1-119(2,3)81-44-50-104-94(68-81)95-69-82(120(4,5)6)45-51-105(95)130(104)89-72-101(129-115(73-89)133-103-40-32-29-37-91(103)92-48-55-113-116(118(92)133)93-38-30-33-41-112(93)135-113)75-42-49-108-98(60-75)127-99-61-76(43-54-110(99)134-111-64-80(78-58-87(125(19,20)21)67-88(59-78)126(22,23)24)63-109(117(111)127)131(108)102-39-31-28-36-90(102)74-34-26-25-27-35-74)100-62-79(77-56-85(123(13,14)15)66-86(57-77)124(16,17)18)65-114(128-100)132-106-52-46-83(121(7,8)9)70-96(106)97-71-84(122(10,11)12)47-53-107(97)132/h25-73H,1-24H3. The van der Waals surface area contributed by atoms with Crippen molar-refractivity contribution in [3.8, 4) is 84.7 Å². The van der Waals surface area contributed by atoms with Crippen molar-refractivity contribution in [2.24, 2.45) is 0 Å². The molecule has 0 N–H and O–H groups in total. The predicted molar refractivity (Wildman–Crippen MR) is 581 cm³/mol. The molecule has 8 heterocycles. The fourth-order valence-electron chi connectivity index (χ4n) is 21.1. The van der Waals surface area contributed by atoms with E-state index in [1.807, 2.05) is 11.3 Å². The van der Waals surface area contributed by atoms with E-state index in [1.54, 1.807) is 0 Å². The summed E-state index contributed by atoms with van der Waals surface area (Å²) in [7, 11) is 0. The van der Waals surface area contributed by atoms with E-state index in [4.69, 9.17) is 14.7 Å². The van der Waals surface area contributed by atoms with E-state index >= 15 is 0 Å². The number of aromatic nitrogens is 5. The first-order chi connectivity index (χ1) is 63.9. The molecule has 0 spiro atoms. The van der Waals surface area contributed by atoms with Gasteiger partial charge in [-0.05, 0) is 264 Å². The van der Waals surface area contributed by atoms with E-state index in [0.717, 1.165) is 151 Å². The number of hydrogen-bond acceptors (Lipinski definition) is 5. The number of hydrogen-bond donors (Lipinski definition) is 0. The van der Waals surface area contributed by atoms with Crippen LogP contribution < -0.4 is 26.0 Å². The van der Waals surface area contributed by atoms with Gasteiger partial charge in [-0.15, -0.1) is 11.3 Å². The zero-order chi connectivity index (χ0) is 94.3. The average molecular weight is 1780 g/mol. The minimum atomic E-state index is -0.410.